The Kier molecular flexibility index (Phi) is 2.39. The first-order valence-corrected chi connectivity index (χ1v) is 4.18. The van der Waals surface area contributed by atoms with Crippen molar-refractivity contribution in [2.75, 3.05) is 14.1 Å². The minimum Gasteiger partial charge on any atom is -0.422 e. The molecule has 0 saturated heterocycles. The van der Waals surface area contributed by atoms with E-state index in [1.807, 2.05) is 25.2 Å². The molecule has 0 amide bonds. The highest BCUT2D eigenvalue weighted by molar-refractivity contribution is 6.45. The van der Waals surface area contributed by atoms with Crippen LogP contribution in [0.4, 0.5) is 0 Å². The van der Waals surface area contributed by atoms with Gasteiger partial charge in [-0.05, 0) is 20.6 Å². The van der Waals surface area contributed by atoms with Crippen LogP contribution in [-0.4, -0.2) is 32.7 Å². The van der Waals surface area contributed by atoms with Crippen molar-refractivity contribution in [2.24, 2.45) is 0 Å². The highest BCUT2D eigenvalue weighted by atomic mass is 28.3. The average molecular weight is 105 g/mol. The number of rotatable bonds is 1. The van der Waals surface area contributed by atoms with Crippen LogP contribution in [0.1, 0.15) is 0 Å². The second kappa shape index (κ2) is 2.33. The molecule has 0 fully saturated rings. The predicted molar refractivity (Wildman–Crippen MR) is 28.9 cm³/mol. The van der Waals surface area contributed by atoms with Crippen LogP contribution < -0.4 is 0 Å². The van der Waals surface area contributed by atoms with Crippen molar-refractivity contribution >= 4 is 9.20 Å². The summed E-state index contributed by atoms with van der Waals surface area (Å²) in [5, 5.41) is 0. The van der Waals surface area contributed by atoms with E-state index in [9.17, 15) is 0 Å². The first-order chi connectivity index (χ1) is 2.64. The molecule has 0 rings (SSSR count). The Balaban J connectivity index is 2.99. The van der Waals surface area contributed by atoms with Crippen molar-refractivity contribution in [3.8, 4) is 0 Å². The summed E-state index contributed by atoms with van der Waals surface area (Å²) in [5.41, 5.74) is 0. The van der Waals surface area contributed by atoms with Gasteiger partial charge in [0.25, 0.3) is 0 Å². The zero-order chi connectivity index (χ0) is 5.15. The lowest BCUT2D eigenvalue weighted by Gasteiger charge is -2.08. The molecule has 0 heterocycles. The van der Waals surface area contributed by atoms with Crippen LogP contribution in [0.15, 0.2) is 0 Å². The molecular weight excluding hydrogens is 94.1 g/mol. The highest BCUT2D eigenvalue weighted by Crippen LogP contribution is 1.74. The summed E-state index contributed by atoms with van der Waals surface area (Å²) in [6, 6.07) is 0. The summed E-state index contributed by atoms with van der Waals surface area (Å²) >= 11 is 0. The van der Waals surface area contributed by atoms with E-state index in [1.165, 1.54) is 0 Å². The molecule has 1 atom stereocenters. The fourth-order valence-corrected chi connectivity index (χ4v) is 0. The van der Waals surface area contributed by atoms with Crippen LogP contribution in [0.25, 0.3) is 0 Å². The van der Waals surface area contributed by atoms with Gasteiger partial charge in [0.2, 0.25) is 9.20 Å². The summed E-state index contributed by atoms with van der Waals surface area (Å²) in [5.74, 6) is 0. The van der Waals surface area contributed by atoms with Crippen molar-refractivity contribution in [1.82, 2.24) is 4.57 Å². The Morgan fingerprint density at radius 2 is 1.67 bits per heavy atom. The first kappa shape index (κ1) is 6.14. The third-order valence-electron chi connectivity index (χ3n) is 0.747. The van der Waals surface area contributed by atoms with E-state index in [2.05, 4.69) is 0 Å². The second-order valence-electron chi connectivity index (χ2n) is 1.60. The fourth-order valence-electron chi connectivity index (χ4n) is 0. The zero-order valence-electron chi connectivity index (χ0n) is 4.47. The van der Waals surface area contributed by atoms with Gasteiger partial charge in [0, 0.05) is 0 Å². The topological polar surface area (TPSA) is 23.5 Å². The third kappa shape index (κ3) is 2.38. The number of hydrogen-bond acceptors (Lipinski definition) is 2. The van der Waals surface area contributed by atoms with Gasteiger partial charge in [-0.3, -0.25) is 0 Å². The molecule has 0 bridgehead atoms. The Hall–Kier alpha value is 0.137. The lowest BCUT2D eigenvalue weighted by molar-refractivity contribution is 0.469. The van der Waals surface area contributed by atoms with Crippen molar-refractivity contribution in [2.45, 2.75) is 6.55 Å². The Morgan fingerprint density at radius 3 is 1.67 bits per heavy atom. The summed E-state index contributed by atoms with van der Waals surface area (Å²) in [6.45, 7) is 1.86. The molecule has 2 nitrogen and oxygen atoms in total. The standard InChI is InChI=1S/C3H11NOSi/c1-4(2)6(3)5/h5-6H,1-3H3. The van der Waals surface area contributed by atoms with Gasteiger partial charge in [-0.25, -0.2) is 0 Å². The van der Waals surface area contributed by atoms with Crippen LogP contribution in [0.5, 0.6) is 0 Å². The molecule has 0 aromatic rings. The maximum Gasteiger partial charge on any atom is 0.248 e. The molecule has 1 unspecified atom stereocenters. The van der Waals surface area contributed by atoms with Crippen molar-refractivity contribution < 1.29 is 4.80 Å². The van der Waals surface area contributed by atoms with Gasteiger partial charge in [0.05, 0.1) is 0 Å². The molecule has 0 radical (unpaired) electrons. The molecular formula is C3H11NOSi. The molecule has 0 aromatic carbocycles. The van der Waals surface area contributed by atoms with Crippen molar-refractivity contribution in [1.29, 1.82) is 0 Å². The van der Waals surface area contributed by atoms with Crippen LogP contribution in [0, 0.1) is 0 Å². The van der Waals surface area contributed by atoms with Crippen LogP contribution in [0.2, 0.25) is 6.55 Å². The molecule has 0 aliphatic carbocycles. The number of nitrogens with zero attached hydrogens (tertiary/aromatic N) is 1. The van der Waals surface area contributed by atoms with E-state index < -0.39 is 9.20 Å². The summed E-state index contributed by atoms with van der Waals surface area (Å²) in [7, 11) is 2.36. The second-order valence-corrected chi connectivity index (χ2v) is 3.89. The van der Waals surface area contributed by atoms with Gasteiger partial charge < -0.3 is 9.36 Å². The zero-order valence-corrected chi connectivity index (χ0v) is 5.63. The monoisotopic (exact) mass is 105 g/mol. The smallest absolute Gasteiger partial charge is 0.248 e. The minimum absolute atomic E-state index is 1.41. The lowest BCUT2D eigenvalue weighted by Crippen LogP contribution is -2.28. The summed E-state index contributed by atoms with van der Waals surface area (Å²) in [6.07, 6.45) is 0. The summed E-state index contributed by atoms with van der Waals surface area (Å²) in [4.78, 5) is 8.69. The Bertz CT molecular complexity index is 31.8. The average Bonchev–Trinajstić information content (AvgIpc) is 1.36. The summed E-state index contributed by atoms with van der Waals surface area (Å²) < 4.78 is 1.86. The molecule has 0 aromatic heterocycles. The Labute approximate surface area is 40.2 Å². The van der Waals surface area contributed by atoms with E-state index in [0.29, 0.717) is 0 Å². The maximum atomic E-state index is 8.69. The van der Waals surface area contributed by atoms with Crippen molar-refractivity contribution in [3.63, 3.8) is 0 Å². The van der Waals surface area contributed by atoms with Crippen LogP contribution in [0.3, 0.4) is 0 Å². The predicted octanol–water partition coefficient (Wildman–Crippen LogP) is -0.609. The molecule has 3 heteroatoms. The molecule has 0 aliphatic rings. The number of hydrogen-bond donors (Lipinski definition) is 1. The van der Waals surface area contributed by atoms with E-state index in [4.69, 9.17) is 4.80 Å². The molecule has 0 aliphatic heterocycles. The van der Waals surface area contributed by atoms with Crippen LogP contribution in [-0.2, 0) is 0 Å². The normalized spacial score (nSPS) is 15.5. The minimum atomic E-state index is -1.41. The van der Waals surface area contributed by atoms with Gasteiger partial charge >= 0.3 is 0 Å². The fraction of sp³-hybridized carbons (Fsp3) is 1.00. The first-order valence-electron chi connectivity index (χ1n) is 1.99. The SMILES string of the molecule is CN(C)[SiH](C)O. The van der Waals surface area contributed by atoms with Crippen LogP contribution >= 0.6 is 0 Å². The maximum absolute atomic E-state index is 8.69. The quantitative estimate of drug-likeness (QED) is 0.450. The van der Waals surface area contributed by atoms with Gasteiger partial charge in [0.1, 0.15) is 0 Å². The van der Waals surface area contributed by atoms with Gasteiger partial charge in [-0.1, -0.05) is 0 Å². The lowest BCUT2D eigenvalue weighted by atomic mass is 11.3. The molecule has 0 saturated carbocycles. The Morgan fingerprint density at radius 1 is 1.50 bits per heavy atom. The third-order valence-corrected chi connectivity index (χ3v) is 2.24. The molecule has 0 spiro atoms. The van der Waals surface area contributed by atoms with E-state index in [0.717, 1.165) is 0 Å². The largest absolute Gasteiger partial charge is 0.422 e. The van der Waals surface area contributed by atoms with Gasteiger partial charge in [-0.2, -0.15) is 0 Å². The molecule has 38 valence electrons. The van der Waals surface area contributed by atoms with E-state index >= 15 is 0 Å². The molecule has 1 N–H and O–H groups in total. The van der Waals surface area contributed by atoms with E-state index in [-0.39, 0.29) is 0 Å². The molecule has 6 heavy (non-hydrogen) atoms. The van der Waals surface area contributed by atoms with Gasteiger partial charge in [0.15, 0.2) is 0 Å². The van der Waals surface area contributed by atoms with E-state index in [1.54, 1.807) is 0 Å². The van der Waals surface area contributed by atoms with Crippen molar-refractivity contribution in [3.05, 3.63) is 0 Å². The van der Waals surface area contributed by atoms with Gasteiger partial charge in [-0.15, -0.1) is 0 Å². The highest BCUT2D eigenvalue weighted by Gasteiger charge is 1.96.